The van der Waals surface area contributed by atoms with Crippen molar-refractivity contribution < 1.29 is 4.79 Å². The Bertz CT molecular complexity index is 736. The van der Waals surface area contributed by atoms with Gasteiger partial charge in [-0.15, -0.1) is 0 Å². The second kappa shape index (κ2) is 6.64. The standard InChI is InChI=1S/C19H19N3O/c1-21-10-11-22(14-18(21)16-7-3-2-4-8-16)19(23)17-9-5-6-15(12-17)13-20/h2-9,12,18H,10-11,14H2,1H3. The minimum Gasteiger partial charge on any atom is -0.335 e. The van der Waals surface area contributed by atoms with Crippen molar-refractivity contribution in [3.63, 3.8) is 0 Å². The zero-order valence-electron chi connectivity index (χ0n) is 13.1. The molecule has 1 aliphatic rings. The SMILES string of the molecule is CN1CCN(C(=O)c2cccc(C#N)c2)CC1c1ccccc1. The van der Waals surface area contributed by atoms with Gasteiger partial charge in [0.1, 0.15) is 0 Å². The number of rotatable bonds is 2. The molecule has 0 radical (unpaired) electrons. The van der Waals surface area contributed by atoms with Crippen LogP contribution in [-0.4, -0.2) is 42.4 Å². The molecule has 0 aliphatic carbocycles. The van der Waals surface area contributed by atoms with Crippen LogP contribution in [0.4, 0.5) is 0 Å². The second-order valence-electron chi connectivity index (χ2n) is 5.85. The predicted octanol–water partition coefficient (Wildman–Crippen LogP) is 2.69. The highest BCUT2D eigenvalue weighted by Crippen LogP contribution is 2.24. The first-order chi connectivity index (χ1) is 11.2. The Morgan fingerprint density at radius 1 is 1.13 bits per heavy atom. The van der Waals surface area contributed by atoms with E-state index in [1.165, 1.54) is 5.56 Å². The summed E-state index contributed by atoms with van der Waals surface area (Å²) in [6.07, 6.45) is 0. The number of nitrogens with zero attached hydrogens (tertiary/aromatic N) is 3. The molecule has 0 N–H and O–H groups in total. The number of hydrogen-bond acceptors (Lipinski definition) is 3. The Labute approximate surface area is 136 Å². The molecule has 1 heterocycles. The Morgan fingerprint density at radius 2 is 1.91 bits per heavy atom. The Kier molecular flexibility index (Phi) is 4.40. The molecule has 3 rings (SSSR count). The highest BCUT2D eigenvalue weighted by Gasteiger charge is 2.28. The van der Waals surface area contributed by atoms with Gasteiger partial charge in [-0.05, 0) is 30.8 Å². The van der Waals surface area contributed by atoms with E-state index in [2.05, 4.69) is 30.1 Å². The van der Waals surface area contributed by atoms with E-state index in [-0.39, 0.29) is 11.9 Å². The van der Waals surface area contributed by atoms with Gasteiger partial charge in [-0.1, -0.05) is 36.4 Å². The van der Waals surface area contributed by atoms with Gasteiger partial charge in [0.15, 0.2) is 0 Å². The number of piperazine rings is 1. The van der Waals surface area contributed by atoms with E-state index < -0.39 is 0 Å². The molecule has 116 valence electrons. The van der Waals surface area contributed by atoms with Crippen molar-refractivity contribution in [2.24, 2.45) is 0 Å². The van der Waals surface area contributed by atoms with Crippen LogP contribution < -0.4 is 0 Å². The van der Waals surface area contributed by atoms with E-state index in [4.69, 9.17) is 5.26 Å². The number of amides is 1. The lowest BCUT2D eigenvalue weighted by Gasteiger charge is -2.39. The third-order valence-corrected chi connectivity index (χ3v) is 4.36. The molecule has 0 bridgehead atoms. The van der Waals surface area contributed by atoms with Gasteiger partial charge in [0.2, 0.25) is 0 Å². The first-order valence-electron chi connectivity index (χ1n) is 7.73. The first kappa shape index (κ1) is 15.3. The van der Waals surface area contributed by atoms with Crippen LogP contribution in [0.2, 0.25) is 0 Å². The minimum absolute atomic E-state index is 0.00358. The third-order valence-electron chi connectivity index (χ3n) is 4.36. The Balaban J connectivity index is 1.81. The third kappa shape index (κ3) is 3.25. The number of nitriles is 1. The fourth-order valence-electron chi connectivity index (χ4n) is 3.00. The predicted molar refractivity (Wildman–Crippen MR) is 88.9 cm³/mol. The van der Waals surface area contributed by atoms with Crippen molar-refractivity contribution in [3.8, 4) is 6.07 Å². The molecule has 1 fully saturated rings. The van der Waals surface area contributed by atoms with Crippen LogP contribution in [0, 0.1) is 11.3 Å². The summed E-state index contributed by atoms with van der Waals surface area (Å²) in [5.74, 6) is -0.00358. The van der Waals surface area contributed by atoms with Gasteiger partial charge in [0.25, 0.3) is 5.91 Å². The monoisotopic (exact) mass is 305 g/mol. The van der Waals surface area contributed by atoms with Crippen LogP contribution >= 0.6 is 0 Å². The van der Waals surface area contributed by atoms with Crippen LogP contribution in [0.25, 0.3) is 0 Å². The van der Waals surface area contributed by atoms with Crippen molar-refractivity contribution in [1.82, 2.24) is 9.80 Å². The van der Waals surface area contributed by atoms with Crippen LogP contribution in [0.3, 0.4) is 0 Å². The van der Waals surface area contributed by atoms with E-state index in [0.29, 0.717) is 24.2 Å². The van der Waals surface area contributed by atoms with E-state index >= 15 is 0 Å². The average molecular weight is 305 g/mol. The number of hydrogen-bond donors (Lipinski definition) is 0. The molecule has 1 unspecified atom stereocenters. The summed E-state index contributed by atoms with van der Waals surface area (Å²) in [7, 11) is 2.09. The summed E-state index contributed by atoms with van der Waals surface area (Å²) in [6.45, 7) is 2.20. The van der Waals surface area contributed by atoms with E-state index in [1.807, 2.05) is 23.1 Å². The molecule has 1 saturated heterocycles. The molecule has 1 atom stereocenters. The van der Waals surface area contributed by atoms with Crippen molar-refractivity contribution in [1.29, 1.82) is 5.26 Å². The molecule has 1 aliphatic heterocycles. The molecule has 4 nitrogen and oxygen atoms in total. The molecule has 0 aromatic heterocycles. The van der Waals surface area contributed by atoms with Crippen LogP contribution in [0.1, 0.15) is 27.5 Å². The van der Waals surface area contributed by atoms with Crippen molar-refractivity contribution in [3.05, 3.63) is 71.3 Å². The second-order valence-corrected chi connectivity index (χ2v) is 5.85. The van der Waals surface area contributed by atoms with Gasteiger partial charge in [-0.3, -0.25) is 9.69 Å². The number of likely N-dealkylation sites (N-methyl/N-ethyl adjacent to an activating group) is 1. The maximum absolute atomic E-state index is 12.7. The molecule has 0 spiro atoms. The summed E-state index contributed by atoms with van der Waals surface area (Å²) in [5, 5.41) is 9.00. The normalized spacial score (nSPS) is 18.4. The summed E-state index contributed by atoms with van der Waals surface area (Å²) in [5.41, 5.74) is 2.32. The van der Waals surface area contributed by atoms with E-state index in [0.717, 1.165) is 6.54 Å². The Morgan fingerprint density at radius 3 is 2.65 bits per heavy atom. The number of benzene rings is 2. The Hall–Kier alpha value is -2.64. The van der Waals surface area contributed by atoms with E-state index in [9.17, 15) is 4.79 Å². The molecular weight excluding hydrogens is 286 g/mol. The molecule has 2 aromatic carbocycles. The largest absolute Gasteiger partial charge is 0.335 e. The zero-order valence-corrected chi connectivity index (χ0v) is 13.1. The average Bonchev–Trinajstić information content (AvgIpc) is 2.62. The highest BCUT2D eigenvalue weighted by molar-refractivity contribution is 5.94. The lowest BCUT2D eigenvalue weighted by molar-refractivity contribution is 0.0546. The summed E-state index contributed by atoms with van der Waals surface area (Å²) in [6, 6.07) is 19.5. The molecular formula is C19H19N3O. The summed E-state index contributed by atoms with van der Waals surface area (Å²) < 4.78 is 0. The quantitative estimate of drug-likeness (QED) is 0.857. The van der Waals surface area contributed by atoms with Gasteiger partial charge >= 0.3 is 0 Å². The number of carbonyl (C=O) groups is 1. The van der Waals surface area contributed by atoms with Gasteiger partial charge in [0, 0.05) is 25.2 Å². The topological polar surface area (TPSA) is 47.3 Å². The van der Waals surface area contributed by atoms with Gasteiger partial charge in [-0.2, -0.15) is 5.26 Å². The lowest BCUT2D eigenvalue weighted by Crippen LogP contribution is -2.49. The maximum atomic E-state index is 12.7. The molecule has 0 saturated carbocycles. The molecule has 4 heteroatoms. The molecule has 23 heavy (non-hydrogen) atoms. The van der Waals surface area contributed by atoms with Gasteiger partial charge in [-0.25, -0.2) is 0 Å². The fraction of sp³-hybridized carbons (Fsp3) is 0.263. The smallest absolute Gasteiger partial charge is 0.254 e. The van der Waals surface area contributed by atoms with Gasteiger partial charge in [0.05, 0.1) is 17.7 Å². The fourth-order valence-corrected chi connectivity index (χ4v) is 3.00. The minimum atomic E-state index is -0.00358. The summed E-state index contributed by atoms with van der Waals surface area (Å²) >= 11 is 0. The molecule has 2 aromatic rings. The number of carbonyl (C=O) groups excluding carboxylic acids is 1. The summed E-state index contributed by atoms with van der Waals surface area (Å²) in [4.78, 5) is 16.9. The van der Waals surface area contributed by atoms with Crippen molar-refractivity contribution >= 4 is 5.91 Å². The van der Waals surface area contributed by atoms with Crippen molar-refractivity contribution in [2.45, 2.75) is 6.04 Å². The van der Waals surface area contributed by atoms with Crippen LogP contribution in [0.5, 0.6) is 0 Å². The van der Waals surface area contributed by atoms with Crippen LogP contribution in [0.15, 0.2) is 54.6 Å². The zero-order chi connectivity index (χ0) is 16.2. The highest BCUT2D eigenvalue weighted by atomic mass is 16.2. The van der Waals surface area contributed by atoms with E-state index in [1.54, 1.807) is 24.3 Å². The van der Waals surface area contributed by atoms with Crippen molar-refractivity contribution in [2.75, 3.05) is 26.7 Å². The molecule has 1 amide bonds. The van der Waals surface area contributed by atoms with Crippen LogP contribution in [-0.2, 0) is 0 Å². The van der Waals surface area contributed by atoms with Gasteiger partial charge < -0.3 is 4.90 Å². The maximum Gasteiger partial charge on any atom is 0.254 e. The lowest BCUT2D eigenvalue weighted by atomic mass is 10.0. The first-order valence-corrected chi connectivity index (χ1v) is 7.73.